The fourth-order valence-corrected chi connectivity index (χ4v) is 1.08. The number of nitrogens with zero attached hydrogens (tertiary/aromatic N) is 1. The van der Waals surface area contributed by atoms with Crippen molar-refractivity contribution in [1.29, 1.82) is 0 Å². The van der Waals surface area contributed by atoms with E-state index in [-0.39, 0.29) is 12.3 Å². The van der Waals surface area contributed by atoms with Crippen molar-refractivity contribution in [2.45, 2.75) is 6.42 Å². The third-order valence-corrected chi connectivity index (χ3v) is 1.74. The first-order chi connectivity index (χ1) is 6.31. The van der Waals surface area contributed by atoms with E-state index in [0.29, 0.717) is 12.2 Å². The molecule has 1 rings (SSSR count). The van der Waals surface area contributed by atoms with Crippen LogP contribution < -0.4 is 4.74 Å². The molecule has 0 radical (unpaired) electrons. The minimum atomic E-state index is 0.0804. The molecule has 0 spiro atoms. The van der Waals surface area contributed by atoms with E-state index in [0.717, 1.165) is 5.56 Å². The number of hydrogen-bond donors (Lipinski definition) is 1. The zero-order chi connectivity index (χ0) is 9.68. The van der Waals surface area contributed by atoms with E-state index in [4.69, 9.17) is 9.84 Å². The lowest BCUT2D eigenvalue weighted by molar-refractivity contribution is 0.299. The molecule has 0 heterocycles. The summed E-state index contributed by atoms with van der Waals surface area (Å²) in [6.45, 7) is 0.0804. The van der Waals surface area contributed by atoms with Crippen LogP contribution in [0.2, 0.25) is 0 Å². The topological polar surface area (TPSA) is 58.9 Å². The summed E-state index contributed by atoms with van der Waals surface area (Å²) in [4.78, 5) is 10.3. The Hall–Kier alpha value is -1.42. The molecule has 0 aliphatic heterocycles. The lowest BCUT2D eigenvalue weighted by atomic mass is 10.1. The Balaban J connectivity index is 2.98. The van der Waals surface area contributed by atoms with Gasteiger partial charge in [0.05, 0.1) is 7.11 Å². The van der Waals surface area contributed by atoms with Gasteiger partial charge in [-0.15, -0.1) is 4.91 Å². The van der Waals surface area contributed by atoms with Gasteiger partial charge in [-0.1, -0.05) is 6.07 Å². The van der Waals surface area contributed by atoms with Crippen LogP contribution in [-0.4, -0.2) is 18.8 Å². The highest BCUT2D eigenvalue weighted by Crippen LogP contribution is 2.27. The Labute approximate surface area is 76.1 Å². The summed E-state index contributed by atoms with van der Waals surface area (Å²) in [5.74, 6) is 0.445. The van der Waals surface area contributed by atoms with Gasteiger partial charge in [0.25, 0.3) is 0 Å². The molecule has 1 aromatic rings. The second kappa shape index (κ2) is 4.57. The van der Waals surface area contributed by atoms with E-state index in [1.54, 1.807) is 18.2 Å². The first-order valence-corrected chi connectivity index (χ1v) is 3.93. The maximum Gasteiger partial charge on any atom is 0.149 e. The van der Waals surface area contributed by atoms with Crippen molar-refractivity contribution in [2.75, 3.05) is 13.7 Å². The fraction of sp³-hybridized carbons (Fsp3) is 0.333. The van der Waals surface area contributed by atoms with Crippen LogP contribution in [-0.2, 0) is 6.42 Å². The lowest BCUT2D eigenvalue weighted by Gasteiger charge is -2.04. The summed E-state index contributed by atoms with van der Waals surface area (Å²) in [5, 5.41) is 11.5. The summed E-state index contributed by atoms with van der Waals surface area (Å²) >= 11 is 0. The van der Waals surface area contributed by atoms with Gasteiger partial charge in [-0.05, 0) is 29.3 Å². The molecule has 0 aliphatic rings. The van der Waals surface area contributed by atoms with Crippen LogP contribution >= 0.6 is 0 Å². The molecular weight excluding hydrogens is 170 g/mol. The zero-order valence-electron chi connectivity index (χ0n) is 7.36. The fourth-order valence-electron chi connectivity index (χ4n) is 1.08. The maximum absolute atomic E-state index is 10.3. The van der Waals surface area contributed by atoms with Crippen LogP contribution in [0, 0.1) is 4.91 Å². The van der Waals surface area contributed by atoms with Crippen molar-refractivity contribution in [3.05, 3.63) is 28.7 Å². The van der Waals surface area contributed by atoms with E-state index < -0.39 is 0 Å². The van der Waals surface area contributed by atoms with Gasteiger partial charge in [0.15, 0.2) is 0 Å². The van der Waals surface area contributed by atoms with E-state index in [1.165, 1.54) is 7.11 Å². The van der Waals surface area contributed by atoms with Crippen molar-refractivity contribution in [1.82, 2.24) is 0 Å². The second-order valence-corrected chi connectivity index (χ2v) is 2.57. The molecule has 0 saturated carbocycles. The van der Waals surface area contributed by atoms with Crippen LogP contribution in [0.25, 0.3) is 0 Å². The van der Waals surface area contributed by atoms with Gasteiger partial charge in [0.1, 0.15) is 11.4 Å². The lowest BCUT2D eigenvalue weighted by Crippen LogP contribution is -1.91. The Morgan fingerprint density at radius 2 is 2.31 bits per heavy atom. The number of rotatable bonds is 4. The molecule has 0 atom stereocenters. The number of aliphatic hydroxyl groups excluding tert-OH is 1. The third-order valence-electron chi connectivity index (χ3n) is 1.74. The van der Waals surface area contributed by atoms with E-state index in [9.17, 15) is 4.91 Å². The van der Waals surface area contributed by atoms with Gasteiger partial charge in [-0.25, -0.2) is 0 Å². The second-order valence-electron chi connectivity index (χ2n) is 2.57. The standard InChI is InChI=1S/C9H11NO3/c1-13-9-6-7(4-5-11)2-3-8(9)10-12/h2-3,6,11H,4-5H2,1H3. The Bertz CT molecular complexity index is 299. The molecule has 0 bridgehead atoms. The number of ether oxygens (including phenoxy) is 1. The van der Waals surface area contributed by atoms with Crippen LogP contribution in [0.5, 0.6) is 5.75 Å². The van der Waals surface area contributed by atoms with Gasteiger partial charge < -0.3 is 9.84 Å². The minimum absolute atomic E-state index is 0.0804. The molecule has 0 saturated heterocycles. The van der Waals surface area contributed by atoms with E-state index in [1.807, 2.05) is 0 Å². The smallest absolute Gasteiger partial charge is 0.149 e. The average molecular weight is 181 g/mol. The third kappa shape index (κ3) is 2.26. The van der Waals surface area contributed by atoms with Gasteiger partial charge in [0, 0.05) is 6.61 Å². The summed E-state index contributed by atoms with van der Waals surface area (Å²) < 4.78 is 4.95. The monoisotopic (exact) mass is 181 g/mol. The molecule has 0 aliphatic carbocycles. The van der Waals surface area contributed by atoms with Gasteiger partial charge >= 0.3 is 0 Å². The number of methoxy groups -OCH3 is 1. The largest absolute Gasteiger partial charge is 0.494 e. The molecule has 0 unspecified atom stereocenters. The quantitative estimate of drug-likeness (QED) is 0.718. The molecule has 1 N–H and O–H groups in total. The van der Waals surface area contributed by atoms with Crippen LogP contribution in [0.4, 0.5) is 5.69 Å². The van der Waals surface area contributed by atoms with Crippen molar-refractivity contribution in [3.63, 3.8) is 0 Å². The first-order valence-electron chi connectivity index (χ1n) is 3.93. The first kappa shape index (κ1) is 9.67. The van der Waals surface area contributed by atoms with Crippen LogP contribution in [0.1, 0.15) is 5.56 Å². The Morgan fingerprint density at radius 3 is 2.85 bits per heavy atom. The van der Waals surface area contributed by atoms with E-state index in [2.05, 4.69) is 5.18 Å². The summed E-state index contributed by atoms with van der Waals surface area (Å²) in [5.41, 5.74) is 1.20. The molecule has 70 valence electrons. The van der Waals surface area contributed by atoms with Gasteiger partial charge in [-0.3, -0.25) is 0 Å². The van der Waals surface area contributed by atoms with Crippen molar-refractivity contribution < 1.29 is 9.84 Å². The minimum Gasteiger partial charge on any atom is -0.494 e. The number of hydrogen-bond acceptors (Lipinski definition) is 4. The summed E-state index contributed by atoms with van der Waals surface area (Å²) in [6, 6.07) is 5.03. The van der Waals surface area contributed by atoms with Gasteiger partial charge in [0.2, 0.25) is 0 Å². The highest BCUT2D eigenvalue weighted by Gasteiger charge is 2.03. The molecule has 13 heavy (non-hydrogen) atoms. The number of aliphatic hydroxyl groups is 1. The number of nitroso groups, excluding NO2 is 1. The van der Waals surface area contributed by atoms with Crippen LogP contribution in [0.3, 0.4) is 0 Å². The SMILES string of the molecule is COc1cc(CCO)ccc1N=O. The molecule has 0 aromatic heterocycles. The Morgan fingerprint density at radius 1 is 1.54 bits per heavy atom. The maximum atomic E-state index is 10.3. The predicted molar refractivity (Wildman–Crippen MR) is 49.2 cm³/mol. The normalized spacial score (nSPS) is 9.69. The van der Waals surface area contributed by atoms with E-state index >= 15 is 0 Å². The summed E-state index contributed by atoms with van der Waals surface area (Å²) in [7, 11) is 1.48. The zero-order valence-corrected chi connectivity index (χ0v) is 7.36. The Kier molecular flexibility index (Phi) is 3.40. The molecule has 4 heteroatoms. The predicted octanol–water partition coefficient (Wildman–Crippen LogP) is 1.63. The van der Waals surface area contributed by atoms with Crippen LogP contribution in [0.15, 0.2) is 23.4 Å². The van der Waals surface area contributed by atoms with Crippen molar-refractivity contribution >= 4 is 5.69 Å². The van der Waals surface area contributed by atoms with Gasteiger partial charge in [-0.2, -0.15) is 0 Å². The highest BCUT2D eigenvalue weighted by molar-refractivity contribution is 5.53. The highest BCUT2D eigenvalue weighted by atomic mass is 16.5. The number of benzene rings is 1. The molecule has 0 fully saturated rings. The molecule has 4 nitrogen and oxygen atoms in total. The summed E-state index contributed by atoms with van der Waals surface area (Å²) in [6.07, 6.45) is 0.551. The molecule has 0 amide bonds. The van der Waals surface area contributed by atoms with Crippen molar-refractivity contribution in [3.8, 4) is 5.75 Å². The molecular formula is C9H11NO3. The van der Waals surface area contributed by atoms with Crippen molar-refractivity contribution in [2.24, 2.45) is 5.18 Å². The molecule has 1 aromatic carbocycles. The average Bonchev–Trinajstić information content (AvgIpc) is 2.18.